The van der Waals surface area contributed by atoms with Crippen LogP contribution in [0.4, 0.5) is 15.8 Å². The molecule has 2 saturated heterocycles. The zero-order chi connectivity index (χ0) is 22.7. The maximum absolute atomic E-state index is 14.4. The molecule has 0 amide bonds. The number of hydrogen-bond donors (Lipinski definition) is 1. The number of carbonyl (C=O) groups is 1. The highest BCUT2D eigenvalue weighted by Crippen LogP contribution is 2.32. The van der Waals surface area contributed by atoms with Gasteiger partial charge in [0.15, 0.2) is 0 Å². The van der Waals surface area contributed by atoms with Gasteiger partial charge >= 0.3 is 5.97 Å². The monoisotopic (exact) mass is 442 g/mol. The van der Waals surface area contributed by atoms with Crippen LogP contribution in [0, 0.1) is 11.7 Å². The molecule has 172 valence electrons. The minimum absolute atomic E-state index is 0.0531. The van der Waals surface area contributed by atoms with Gasteiger partial charge in [-0.25, -0.2) is 4.39 Å². The van der Waals surface area contributed by atoms with Crippen LogP contribution in [-0.4, -0.2) is 50.0 Å². The highest BCUT2D eigenvalue weighted by atomic mass is 19.1. The third-order valence-electron chi connectivity index (χ3n) is 6.56. The summed E-state index contributed by atoms with van der Waals surface area (Å²) >= 11 is 0. The van der Waals surface area contributed by atoms with Gasteiger partial charge in [-0.05, 0) is 49.2 Å². The highest BCUT2D eigenvalue weighted by Gasteiger charge is 2.30. The van der Waals surface area contributed by atoms with Gasteiger partial charge < -0.3 is 24.4 Å². The molecule has 0 bridgehead atoms. The van der Waals surface area contributed by atoms with Crippen LogP contribution in [0.2, 0.25) is 0 Å². The molecule has 2 heterocycles. The van der Waals surface area contributed by atoms with Crippen molar-refractivity contribution in [2.75, 3.05) is 36.5 Å². The zero-order valence-corrected chi connectivity index (χ0v) is 18.7. The molecule has 0 spiro atoms. The standard InChI is InChI=1S/C25H31FN2O4/c1-17-16-27(23-15-21(31-2)9-10-22(23)26)13-11-24(17)32-20-7-5-18(6-8-20)28-12-3-4-19(28)14-25(29)30/h5-10,15,17,19,24H,3-4,11-14,16H2,1-2H3,(H,29,30). The van der Waals surface area contributed by atoms with Crippen molar-refractivity contribution in [2.45, 2.75) is 44.8 Å². The maximum Gasteiger partial charge on any atom is 0.305 e. The van der Waals surface area contributed by atoms with E-state index in [9.17, 15) is 9.18 Å². The van der Waals surface area contributed by atoms with E-state index < -0.39 is 5.97 Å². The smallest absolute Gasteiger partial charge is 0.305 e. The van der Waals surface area contributed by atoms with E-state index in [1.165, 1.54) is 6.07 Å². The Morgan fingerprint density at radius 1 is 1.12 bits per heavy atom. The van der Waals surface area contributed by atoms with Gasteiger partial charge in [-0.1, -0.05) is 6.92 Å². The lowest BCUT2D eigenvalue weighted by molar-refractivity contribution is -0.137. The number of rotatable bonds is 7. The lowest BCUT2D eigenvalue weighted by atomic mass is 9.95. The molecule has 4 rings (SSSR count). The van der Waals surface area contributed by atoms with E-state index >= 15 is 0 Å². The van der Waals surface area contributed by atoms with E-state index in [-0.39, 0.29) is 30.3 Å². The molecule has 3 unspecified atom stereocenters. The lowest BCUT2D eigenvalue weighted by Gasteiger charge is -2.38. The van der Waals surface area contributed by atoms with Crippen LogP contribution in [-0.2, 0) is 4.79 Å². The fourth-order valence-corrected chi connectivity index (χ4v) is 4.86. The highest BCUT2D eigenvalue weighted by molar-refractivity contribution is 5.69. The van der Waals surface area contributed by atoms with Crippen molar-refractivity contribution < 1.29 is 23.8 Å². The van der Waals surface area contributed by atoms with E-state index in [0.29, 0.717) is 24.5 Å². The molecule has 2 aliphatic heterocycles. The number of ether oxygens (including phenoxy) is 2. The summed E-state index contributed by atoms with van der Waals surface area (Å²) in [6.07, 6.45) is 2.95. The van der Waals surface area contributed by atoms with E-state index in [1.54, 1.807) is 19.2 Å². The second-order valence-electron chi connectivity index (χ2n) is 8.77. The molecule has 0 aromatic heterocycles. The lowest BCUT2D eigenvalue weighted by Crippen LogP contribution is -2.44. The summed E-state index contributed by atoms with van der Waals surface area (Å²) in [6.45, 7) is 4.43. The van der Waals surface area contributed by atoms with Crippen LogP contribution >= 0.6 is 0 Å². The third kappa shape index (κ3) is 4.92. The fraction of sp³-hybridized carbons (Fsp3) is 0.480. The molecule has 2 fully saturated rings. The topological polar surface area (TPSA) is 62.2 Å². The second-order valence-corrected chi connectivity index (χ2v) is 8.77. The van der Waals surface area contributed by atoms with Crippen LogP contribution < -0.4 is 19.3 Å². The average Bonchev–Trinajstić information content (AvgIpc) is 3.23. The number of piperidine rings is 1. The van der Waals surface area contributed by atoms with Crippen molar-refractivity contribution in [1.29, 1.82) is 0 Å². The SMILES string of the molecule is COc1ccc(F)c(N2CCC(Oc3ccc(N4CCCC4CC(=O)O)cc3)C(C)C2)c1. The first-order valence-electron chi connectivity index (χ1n) is 11.3. The van der Waals surface area contributed by atoms with Gasteiger partial charge in [-0.15, -0.1) is 0 Å². The van der Waals surface area contributed by atoms with Crippen LogP contribution in [0.25, 0.3) is 0 Å². The van der Waals surface area contributed by atoms with Crippen LogP contribution in [0.1, 0.15) is 32.6 Å². The summed E-state index contributed by atoms with van der Waals surface area (Å²) in [5, 5.41) is 9.15. The Balaban J connectivity index is 1.37. The summed E-state index contributed by atoms with van der Waals surface area (Å²) in [7, 11) is 1.58. The molecule has 3 atom stereocenters. The summed E-state index contributed by atoms with van der Waals surface area (Å²) in [5.41, 5.74) is 1.61. The van der Waals surface area contributed by atoms with Crippen LogP contribution in [0.15, 0.2) is 42.5 Å². The molecular formula is C25H31FN2O4. The fourth-order valence-electron chi connectivity index (χ4n) is 4.86. The van der Waals surface area contributed by atoms with Crippen molar-refractivity contribution in [3.05, 3.63) is 48.3 Å². The number of halogens is 1. The number of hydrogen-bond acceptors (Lipinski definition) is 5. The molecule has 0 aliphatic carbocycles. The van der Waals surface area contributed by atoms with E-state index in [4.69, 9.17) is 14.6 Å². The first-order valence-corrected chi connectivity index (χ1v) is 11.3. The molecule has 1 N–H and O–H groups in total. The normalized spacial score (nSPS) is 23.3. The van der Waals surface area contributed by atoms with Gasteiger partial charge in [-0.3, -0.25) is 4.79 Å². The molecule has 6 nitrogen and oxygen atoms in total. The van der Waals surface area contributed by atoms with Crippen molar-refractivity contribution in [3.8, 4) is 11.5 Å². The molecular weight excluding hydrogens is 411 g/mol. The largest absolute Gasteiger partial charge is 0.497 e. The first kappa shape index (κ1) is 22.2. The van der Waals surface area contributed by atoms with Gasteiger partial charge in [0.2, 0.25) is 0 Å². The number of methoxy groups -OCH3 is 1. The Morgan fingerprint density at radius 2 is 1.88 bits per heavy atom. The number of anilines is 2. The minimum Gasteiger partial charge on any atom is -0.497 e. The number of nitrogens with zero attached hydrogens (tertiary/aromatic N) is 2. The summed E-state index contributed by atoms with van der Waals surface area (Å²) in [4.78, 5) is 15.4. The van der Waals surface area contributed by atoms with Crippen molar-refractivity contribution in [3.63, 3.8) is 0 Å². The van der Waals surface area contributed by atoms with E-state index in [0.717, 1.165) is 37.2 Å². The summed E-state index contributed by atoms with van der Waals surface area (Å²) < 4.78 is 25.9. The van der Waals surface area contributed by atoms with Crippen molar-refractivity contribution in [1.82, 2.24) is 0 Å². The van der Waals surface area contributed by atoms with Crippen molar-refractivity contribution in [2.24, 2.45) is 5.92 Å². The Labute approximate surface area is 188 Å². The van der Waals surface area contributed by atoms with Gasteiger partial charge in [0.25, 0.3) is 0 Å². The van der Waals surface area contributed by atoms with Gasteiger partial charge in [-0.2, -0.15) is 0 Å². The minimum atomic E-state index is -0.754. The molecule has 7 heteroatoms. The molecule has 2 aromatic carbocycles. The Hall–Kier alpha value is -2.96. The average molecular weight is 443 g/mol. The Kier molecular flexibility index (Phi) is 6.72. The molecule has 2 aliphatic rings. The van der Waals surface area contributed by atoms with Crippen LogP contribution in [0.5, 0.6) is 11.5 Å². The third-order valence-corrected chi connectivity index (χ3v) is 6.56. The molecule has 32 heavy (non-hydrogen) atoms. The number of carboxylic acids is 1. The zero-order valence-electron chi connectivity index (χ0n) is 18.7. The second kappa shape index (κ2) is 9.67. The van der Waals surface area contributed by atoms with Gasteiger partial charge in [0.1, 0.15) is 23.4 Å². The van der Waals surface area contributed by atoms with Crippen LogP contribution in [0.3, 0.4) is 0 Å². The quantitative estimate of drug-likeness (QED) is 0.678. The maximum atomic E-state index is 14.4. The molecule has 0 radical (unpaired) electrons. The van der Waals surface area contributed by atoms with Crippen molar-refractivity contribution >= 4 is 17.3 Å². The van der Waals surface area contributed by atoms with Gasteiger partial charge in [0.05, 0.1) is 19.2 Å². The summed E-state index contributed by atoms with van der Waals surface area (Å²) in [5.74, 6) is 0.691. The molecule has 0 saturated carbocycles. The molecule has 2 aromatic rings. The van der Waals surface area contributed by atoms with Gasteiger partial charge in [0, 0.05) is 49.8 Å². The predicted octanol–water partition coefficient (Wildman–Crippen LogP) is 4.57. The number of aliphatic carboxylic acids is 1. The van der Waals surface area contributed by atoms with E-state index in [1.807, 2.05) is 24.3 Å². The predicted molar refractivity (Wildman–Crippen MR) is 122 cm³/mol. The first-order chi connectivity index (χ1) is 15.4. The summed E-state index contributed by atoms with van der Waals surface area (Å²) in [6, 6.07) is 12.8. The number of benzene rings is 2. The Morgan fingerprint density at radius 3 is 2.56 bits per heavy atom. The van der Waals surface area contributed by atoms with E-state index in [2.05, 4.69) is 16.7 Å². The Bertz CT molecular complexity index is 936. The number of carboxylic acid groups (broad SMARTS) is 1.